The third kappa shape index (κ3) is 2.28. The van der Waals surface area contributed by atoms with Gasteiger partial charge in [0.05, 0.1) is 21.5 Å². The lowest BCUT2D eigenvalue weighted by atomic mass is 10.2. The number of carboxylic acid groups (broad SMARTS) is 1. The first kappa shape index (κ1) is 11.7. The summed E-state index contributed by atoms with van der Waals surface area (Å²) in [5.74, 6) is -0.954. The highest BCUT2D eigenvalue weighted by Crippen LogP contribution is 2.29. The number of thiazole rings is 1. The average Bonchev–Trinajstić information content (AvgIpc) is 2.81. The van der Waals surface area contributed by atoms with Crippen molar-refractivity contribution in [1.82, 2.24) is 4.98 Å². The average molecular weight is 270 g/mol. The van der Waals surface area contributed by atoms with Crippen LogP contribution in [0.1, 0.15) is 10.4 Å². The SMILES string of the molecule is O=C(O)c1ccccc1Nc1nc2ccccc2s1. The van der Waals surface area contributed by atoms with Crippen molar-refractivity contribution in [2.45, 2.75) is 0 Å². The summed E-state index contributed by atoms with van der Waals surface area (Å²) in [5, 5.41) is 12.9. The van der Waals surface area contributed by atoms with Crippen molar-refractivity contribution in [3.63, 3.8) is 0 Å². The Balaban J connectivity index is 1.99. The van der Waals surface area contributed by atoms with Gasteiger partial charge in [0.2, 0.25) is 0 Å². The Kier molecular flexibility index (Phi) is 2.89. The molecule has 3 rings (SSSR count). The molecule has 2 aromatic carbocycles. The zero-order chi connectivity index (χ0) is 13.2. The number of hydrogen-bond acceptors (Lipinski definition) is 4. The van der Waals surface area contributed by atoms with Crippen LogP contribution in [-0.4, -0.2) is 16.1 Å². The fourth-order valence-electron chi connectivity index (χ4n) is 1.82. The number of rotatable bonds is 3. The number of aromatic carboxylic acids is 1. The van der Waals surface area contributed by atoms with E-state index in [-0.39, 0.29) is 5.56 Å². The van der Waals surface area contributed by atoms with Gasteiger partial charge in [-0.2, -0.15) is 0 Å². The number of benzene rings is 2. The molecule has 0 aliphatic heterocycles. The van der Waals surface area contributed by atoms with Crippen LogP contribution in [0.25, 0.3) is 10.2 Å². The van der Waals surface area contributed by atoms with Crippen LogP contribution in [0.4, 0.5) is 10.8 Å². The Morgan fingerprint density at radius 3 is 2.63 bits per heavy atom. The molecule has 94 valence electrons. The molecule has 0 atom stereocenters. The largest absolute Gasteiger partial charge is 0.478 e. The summed E-state index contributed by atoms with van der Waals surface area (Å²) in [7, 11) is 0. The van der Waals surface area contributed by atoms with E-state index in [4.69, 9.17) is 5.11 Å². The molecule has 0 amide bonds. The van der Waals surface area contributed by atoms with E-state index in [0.717, 1.165) is 10.2 Å². The van der Waals surface area contributed by atoms with Gasteiger partial charge in [0.15, 0.2) is 5.13 Å². The van der Waals surface area contributed by atoms with Crippen molar-refractivity contribution >= 4 is 38.3 Å². The van der Waals surface area contributed by atoms with Gasteiger partial charge in [-0.25, -0.2) is 9.78 Å². The van der Waals surface area contributed by atoms with Gasteiger partial charge in [-0.15, -0.1) is 0 Å². The van der Waals surface area contributed by atoms with Gasteiger partial charge in [0.25, 0.3) is 0 Å². The number of fused-ring (bicyclic) bond motifs is 1. The Morgan fingerprint density at radius 1 is 1.11 bits per heavy atom. The van der Waals surface area contributed by atoms with Gasteiger partial charge < -0.3 is 10.4 Å². The normalized spacial score (nSPS) is 10.5. The molecule has 4 nitrogen and oxygen atoms in total. The van der Waals surface area contributed by atoms with Crippen LogP contribution >= 0.6 is 11.3 Å². The molecule has 0 bridgehead atoms. The second kappa shape index (κ2) is 4.70. The molecule has 0 spiro atoms. The summed E-state index contributed by atoms with van der Waals surface area (Å²) in [5.41, 5.74) is 1.69. The molecule has 5 heteroatoms. The number of carboxylic acids is 1. The quantitative estimate of drug-likeness (QED) is 0.761. The highest BCUT2D eigenvalue weighted by molar-refractivity contribution is 7.22. The predicted octanol–water partition coefficient (Wildman–Crippen LogP) is 3.74. The standard InChI is InChI=1S/C14H10N2O2S/c17-13(18)9-5-1-2-6-10(9)15-14-16-11-7-3-4-8-12(11)19-14/h1-8H,(H,15,16)(H,17,18). The first-order valence-corrected chi connectivity index (χ1v) is 6.50. The van der Waals surface area contributed by atoms with Crippen molar-refractivity contribution < 1.29 is 9.90 Å². The molecular formula is C14H10N2O2S. The first-order valence-electron chi connectivity index (χ1n) is 5.69. The van der Waals surface area contributed by atoms with E-state index in [0.29, 0.717) is 10.8 Å². The van der Waals surface area contributed by atoms with Crippen molar-refractivity contribution in [2.24, 2.45) is 0 Å². The zero-order valence-electron chi connectivity index (χ0n) is 9.83. The van der Waals surface area contributed by atoms with E-state index < -0.39 is 5.97 Å². The summed E-state index contributed by atoms with van der Waals surface area (Å²) in [4.78, 5) is 15.6. The Hall–Kier alpha value is -2.40. The Bertz CT molecular complexity index is 719. The molecule has 0 aliphatic carbocycles. The molecular weight excluding hydrogens is 260 g/mol. The zero-order valence-corrected chi connectivity index (χ0v) is 10.6. The molecule has 0 saturated heterocycles. The van der Waals surface area contributed by atoms with Crippen LogP contribution < -0.4 is 5.32 Å². The maximum atomic E-state index is 11.1. The van der Waals surface area contributed by atoms with Crippen molar-refractivity contribution in [1.29, 1.82) is 0 Å². The van der Waals surface area contributed by atoms with Crippen LogP contribution in [-0.2, 0) is 0 Å². The third-order valence-corrected chi connectivity index (χ3v) is 3.64. The van der Waals surface area contributed by atoms with Gasteiger partial charge in [-0.1, -0.05) is 35.6 Å². The van der Waals surface area contributed by atoms with Gasteiger partial charge in [0.1, 0.15) is 0 Å². The summed E-state index contributed by atoms with van der Waals surface area (Å²) in [6.45, 7) is 0. The number of para-hydroxylation sites is 2. The second-order valence-electron chi connectivity index (χ2n) is 3.96. The van der Waals surface area contributed by atoms with Crippen LogP contribution in [0.3, 0.4) is 0 Å². The van der Waals surface area contributed by atoms with E-state index in [1.54, 1.807) is 24.3 Å². The number of hydrogen-bond donors (Lipinski definition) is 2. The molecule has 0 unspecified atom stereocenters. The van der Waals surface area contributed by atoms with E-state index in [1.165, 1.54) is 11.3 Å². The summed E-state index contributed by atoms with van der Waals surface area (Å²) < 4.78 is 1.07. The van der Waals surface area contributed by atoms with Crippen molar-refractivity contribution in [2.75, 3.05) is 5.32 Å². The molecule has 3 aromatic rings. The molecule has 0 aliphatic rings. The van der Waals surface area contributed by atoms with Crippen LogP contribution in [0.15, 0.2) is 48.5 Å². The summed E-state index contributed by atoms with van der Waals surface area (Å²) in [6.07, 6.45) is 0. The summed E-state index contributed by atoms with van der Waals surface area (Å²) >= 11 is 1.50. The molecule has 19 heavy (non-hydrogen) atoms. The first-order chi connectivity index (χ1) is 9.24. The number of nitrogens with zero attached hydrogens (tertiary/aromatic N) is 1. The molecule has 0 saturated carbocycles. The lowest BCUT2D eigenvalue weighted by Crippen LogP contribution is -2.01. The predicted molar refractivity (Wildman–Crippen MR) is 76.3 cm³/mol. The summed E-state index contributed by atoms with van der Waals surface area (Å²) in [6, 6.07) is 14.6. The minimum absolute atomic E-state index is 0.238. The van der Waals surface area contributed by atoms with Crippen molar-refractivity contribution in [3.05, 3.63) is 54.1 Å². The van der Waals surface area contributed by atoms with Crippen LogP contribution in [0.2, 0.25) is 0 Å². The Morgan fingerprint density at radius 2 is 1.84 bits per heavy atom. The molecule has 0 radical (unpaired) electrons. The van der Waals surface area contributed by atoms with Gasteiger partial charge in [-0.05, 0) is 24.3 Å². The number of anilines is 2. The molecule has 1 aromatic heterocycles. The highest BCUT2D eigenvalue weighted by Gasteiger charge is 2.10. The van der Waals surface area contributed by atoms with Crippen LogP contribution in [0, 0.1) is 0 Å². The van der Waals surface area contributed by atoms with E-state index in [2.05, 4.69) is 10.3 Å². The van der Waals surface area contributed by atoms with Gasteiger partial charge in [-0.3, -0.25) is 0 Å². The lowest BCUT2D eigenvalue weighted by molar-refractivity contribution is 0.0698. The smallest absolute Gasteiger partial charge is 0.337 e. The van der Waals surface area contributed by atoms with E-state index >= 15 is 0 Å². The van der Waals surface area contributed by atoms with Gasteiger partial charge in [0, 0.05) is 0 Å². The minimum Gasteiger partial charge on any atom is -0.478 e. The topological polar surface area (TPSA) is 62.2 Å². The monoisotopic (exact) mass is 270 g/mol. The number of aromatic nitrogens is 1. The second-order valence-corrected chi connectivity index (χ2v) is 4.99. The maximum Gasteiger partial charge on any atom is 0.337 e. The Labute approximate surface area is 113 Å². The maximum absolute atomic E-state index is 11.1. The molecule has 2 N–H and O–H groups in total. The highest BCUT2D eigenvalue weighted by atomic mass is 32.1. The fourth-order valence-corrected chi connectivity index (χ4v) is 2.70. The lowest BCUT2D eigenvalue weighted by Gasteiger charge is -2.05. The van der Waals surface area contributed by atoms with Crippen molar-refractivity contribution in [3.8, 4) is 0 Å². The molecule has 1 heterocycles. The molecule has 0 fully saturated rings. The van der Waals surface area contributed by atoms with Crippen LogP contribution in [0.5, 0.6) is 0 Å². The van der Waals surface area contributed by atoms with E-state index in [1.807, 2.05) is 24.3 Å². The van der Waals surface area contributed by atoms with E-state index in [9.17, 15) is 4.79 Å². The number of nitrogens with one attached hydrogen (secondary N) is 1. The third-order valence-electron chi connectivity index (χ3n) is 2.69. The minimum atomic E-state index is -0.954. The van der Waals surface area contributed by atoms with Gasteiger partial charge >= 0.3 is 5.97 Å². The number of carbonyl (C=O) groups is 1. The fraction of sp³-hybridized carbons (Fsp3) is 0.